The second-order valence-electron chi connectivity index (χ2n) is 6.05. The number of carboxylic acids is 1. The van der Waals surface area contributed by atoms with Crippen molar-refractivity contribution in [1.82, 2.24) is 16.0 Å². The molecule has 3 amide bonds. The maximum Gasteiger partial charge on any atom is 0.326 e. The van der Waals surface area contributed by atoms with Crippen LogP contribution in [0.15, 0.2) is 0 Å². The average molecular weight is 391 g/mol. The Morgan fingerprint density at radius 1 is 1.08 bits per heavy atom. The summed E-state index contributed by atoms with van der Waals surface area (Å²) in [6.45, 7) is 4.89. The molecule has 0 rings (SSSR count). The van der Waals surface area contributed by atoms with E-state index in [1.54, 1.807) is 6.92 Å². The van der Waals surface area contributed by atoms with Gasteiger partial charge in [0.15, 0.2) is 0 Å². The maximum atomic E-state index is 12.4. The minimum atomic E-state index is -1.13. The van der Waals surface area contributed by atoms with Gasteiger partial charge in [0.2, 0.25) is 17.7 Å². The Labute approximate surface area is 158 Å². The summed E-state index contributed by atoms with van der Waals surface area (Å²) in [4.78, 5) is 47.4. The zero-order valence-electron chi connectivity index (χ0n) is 15.7. The molecule has 4 atom stereocenters. The molecular weight excluding hydrogens is 360 g/mol. The van der Waals surface area contributed by atoms with E-state index in [0.717, 1.165) is 0 Å². The van der Waals surface area contributed by atoms with Crippen molar-refractivity contribution in [2.24, 2.45) is 11.7 Å². The van der Waals surface area contributed by atoms with Crippen molar-refractivity contribution in [3.8, 4) is 0 Å². The number of carbonyl (C=O) groups excluding carboxylic acids is 3. The van der Waals surface area contributed by atoms with Crippen LogP contribution in [0.4, 0.5) is 0 Å². The van der Waals surface area contributed by atoms with E-state index in [1.165, 1.54) is 18.7 Å². The van der Waals surface area contributed by atoms with Gasteiger partial charge in [0.25, 0.3) is 0 Å². The van der Waals surface area contributed by atoms with Gasteiger partial charge < -0.3 is 26.8 Å². The number of carboxylic acid groups (broad SMARTS) is 1. The number of hydrogen-bond donors (Lipinski definition) is 5. The highest BCUT2D eigenvalue weighted by Crippen LogP contribution is 2.08. The smallest absolute Gasteiger partial charge is 0.326 e. The highest BCUT2D eigenvalue weighted by Gasteiger charge is 2.29. The molecule has 0 heterocycles. The average Bonchev–Trinajstić information content (AvgIpc) is 2.61. The van der Waals surface area contributed by atoms with Gasteiger partial charge in [0, 0.05) is 0 Å². The number of amides is 3. The van der Waals surface area contributed by atoms with E-state index in [1.807, 2.05) is 13.2 Å². The van der Waals surface area contributed by atoms with Crippen LogP contribution in [0.25, 0.3) is 0 Å². The minimum Gasteiger partial charge on any atom is -0.480 e. The number of hydrogen-bond acceptors (Lipinski definition) is 6. The van der Waals surface area contributed by atoms with Gasteiger partial charge in [0.1, 0.15) is 18.1 Å². The van der Waals surface area contributed by atoms with Gasteiger partial charge in [-0.3, -0.25) is 14.4 Å². The molecule has 0 aliphatic rings. The lowest BCUT2D eigenvalue weighted by molar-refractivity contribution is -0.142. The van der Waals surface area contributed by atoms with E-state index in [0.29, 0.717) is 12.2 Å². The first kappa shape index (κ1) is 24.2. The van der Waals surface area contributed by atoms with Crippen LogP contribution in [0.3, 0.4) is 0 Å². The summed E-state index contributed by atoms with van der Waals surface area (Å²) in [5, 5.41) is 16.6. The van der Waals surface area contributed by atoms with E-state index < -0.39 is 41.8 Å². The number of nitrogens with one attached hydrogen (secondary N) is 3. The predicted octanol–water partition coefficient (Wildman–Crippen LogP) is -0.697. The second-order valence-corrected chi connectivity index (χ2v) is 7.03. The number of thioether (sulfide) groups is 1. The fraction of sp³-hybridized carbons (Fsp3) is 0.750. The number of rotatable bonds is 12. The Morgan fingerprint density at radius 2 is 1.69 bits per heavy atom. The molecule has 0 saturated heterocycles. The van der Waals surface area contributed by atoms with Crippen LogP contribution in [0.5, 0.6) is 0 Å². The lowest BCUT2D eigenvalue weighted by Crippen LogP contribution is -2.56. The molecule has 9 nitrogen and oxygen atoms in total. The summed E-state index contributed by atoms with van der Waals surface area (Å²) in [6.07, 6.45) is 2.76. The van der Waals surface area contributed by atoms with Crippen LogP contribution in [0.2, 0.25) is 0 Å². The Bertz CT molecular complexity index is 503. The molecule has 0 radical (unpaired) electrons. The lowest BCUT2D eigenvalue weighted by Gasteiger charge is -2.25. The second kappa shape index (κ2) is 12.5. The van der Waals surface area contributed by atoms with Gasteiger partial charge in [0.05, 0.1) is 6.54 Å². The molecule has 26 heavy (non-hydrogen) atoms. The standard InChI is InChI=1S/C16H30N4O5S/c1-5-9(2)13(20-12(21)8-17)15(23)18-10(3)14(22)19-11(16(24)25)6-7-26-4/h9-11,13H,5-8,17H2,1-4H3,(H,18,23)(H,19,22)(H,20,21)(H,24,25). The molecule has 0 aliphatic heterocycles. The van der Waals surface area contributed by atoms with Crippen LogP contribution in [-0.4, -0.2) is 65.5 Å². The monoisotopic (exact) mass is 390 g/mol. The molecule has 0 bridgehead atoms. The molecule has 0 fully saturated rings. The molecule has 0 aromatic carbocycles. The number of aliphatic carboxylic acids is 1. The van der Waals surface area contributed by atoms with Crippen molar-refractivity contribution >= 4 is 35.5 Å². The van der Waals surface area contributed by atoms with Crippen LogP contribution in [-0.2, 0) is 19.2 Å². The summed E-state index contributed by atoms with van der Waals surface area (Å²) in [7, 11) is 0. The highest BCUT2D eigenvalue weighted by atomic mass is 32.2. The summed E-state index contributed by atoms with van der Waals surface area (Å²) in [5.41, 5.74) is 5.27. The third-order valence-electron chi connectivity index (χ3n) is 3.97. The Morgan fingerprint density at radius 3 is 2.15 bits per heavy atom. The van der Waals surface area contributed by atoms with Crippen LogP contribution < -0.4 is 21.7 Å². The lowest BCUT2D eigenvalue weighted by atomic mass is 9.98. The van der Waals surface area contributed by atoms with Crippen molar-refractivity contribution < 1.29 is 24.3 Å². The normalized spacial score (nSPS) is 15.3. The third-order valence-corrected chi connectivity index (χ3v) is 4.62. The molecule has 150 valence electrons. The van der Waals surface area contributed by atoms with Crippen molar-refractivity contribution in [3.05, 3.63) is 0 Å². The first-order valence-corrected chi connectivity index (χ1v) is 9.89. The molecule has 0 spiro atoms. The van der Waals surface area contributed by atoms with Gasteiger partial charge in [-0.2, -0.15) is 11.8 Å². The number of carbonyl (C=O) groups is 4. The molecule has 4 unspecified atom stereocenters. The van der Waals surface area contributed by atoms with Crippen molar-refractivity contribution in [2.75, 3.05) is 18.6 Å². The zero-order valence-corrected chi connectivity index (χ0v) is 16.5. The fourth-order valence-electron chi connectivity index (χ4n) is 2.09. The molecule has 0 aliphatic carbocycles. The zero-order chi connectivity index (χ0) is 20.3. The van der Waals surface area contributed by atoms with E-state index in [4.69, 9.17) is 10.8 Å². The summed E-state index contributed by atoms with van der Waals surface area (Å²) >= 11 is 1.48. The first-order chi connectivity index (χ1) is 12.2. The van der Waals surface area contributed by atoms with Gasteiger partial charge in [-0.1, -0.05) is 20.3 Å². The van der Waals surface area contributed by atoms with E-state index in [-0.39, 0.29) is 18.9 Å². The molecule has 0 aromatic rings. The fourth-order valence-corrected chi connectivity index (χ4v) is 2.56. The summed E-state index contributed by atoms with van der Waals surface area (Å²) < 4.78 is 0. The van der Waals surface area contributed by atoms with Crippen molar-refractivity contribution in [2.45, 2.75) is 51.7 Å². The van der Waals surface area contributed by atoms with Gasteiger partial charge in [-0.15, -0.1) is 0 Å². The summed E-state index contributed by atoms with van der Waals surface area (Å²) in [5.74, 6) is -2.28. The maximum absolute atomic E-state index is 12.4. The van der Waals surface area contributed by atoms with E-state index in [9.17, 15) is 19.2 Å². The number of nitrogens with two attached hydrogens (primary N) is 1. The molecule has 6 N–H and O–H groups in total. The highest BCUT2D eigenvalue weighted by molar-refractivity contribution is 7.98. The molecular formula is C16H30N4O5S. The van der Waals surface area contributed by atoms with E-state index >= 15 is 0 Å². The Kier molecular flexibility index (Phi) is 11.7. The molecule has 10 heteroatoms. The van der Waals surface area contributed by atoms with Gasteiger partial charge in [-0.25, -0.2) is 4.79 Å². The topological polar surface area (TPSA) is 151 Å². The Hall–Kier alpha value is -1.81. The summed E-state index contributed by atoms with van der Waals surface area (Å²) in [6, 6.07) is -2.78. The van der Waals surface area contributed by atoms with Crippen molar-refractivity contribution in [3.63, 3.8) is 0 Å². The predicted molar refractivity (Wildman–Crippen MR) is 101 cm³/mol. The van der Waals surface area contributed by atoms with Crippen LogP contribution >= 0.6 is 11.8 Å². The first-order valence-electron chi connectivity index (χ1n) is 8.49. The SMILES string of the molecule is CCC(C)C(NC(=O)CN)C(=O)NC(C)C(=O)NC(CCSC)C(=O)O. The van der Waals surface area contributed by atoms with Crippen LogP contribution in [0.1, 0.15) is 33.6 Å². The van der Waals surface area contributed by atoms with E-state index in [2.05, 4.69) is 16.0 Å². The third kappa shape index (κ3) is 8.52. The van der Waals surface area contributed by atoms with Crippen molar-refractivity contribution in [1.29, 1.82) is 0 Å². The minimum absolute atomic E-state index is 0.158. The Balaban J connectivity index is 4.88. The quantitative estimate of drug-likeness (QED) is 0.296. The molecule has 0 saturated carbocycles. The van der Waals surface area contributed by atoms with Crippen LogP contribution in [0, 0.1) is 5.92 Å². The molecule has 0 aromatic heterocycles. The van der Waals surface area contributed by atoms with Gasteiger partial charge in [-0.05, 0) is 31.3 Å². The largest absolute Gasteiger partial charge is 0.480 e. The van der Waals surface area contributed by atoms with Gasteiger partial charge >= 0.3 is 5.97 Å².